The molecule has 0 saturated heterocycles. The number of anilines is 1. The second-order valence-electron chi connectivity index (χ2n) is 4.89. The number of terminal acetylenes is 1. The van der Waals surface area contributed by atoms with E-state index in [2.05, 4.69) is 23.5 Å². The van der Waals surface area contributed by atoms with Crippen molar-refractivity contribution in [2.45, 2.75) is 39.7 Å². The molecule has 0 aromatic heterocycles. The summed E-state index contributed by atoms with van der Waals surface area (Å²) in [6.45, 7) is 6.08. The monoisotopic (exact) mass is 258 g/mol. The van der Waals surface area contributed by atoms with Gasteiger partial charge in [-0.2, -0.15) is 0 Å². The van der Waals surface area contributed by atoms with Gasteiger partial charge in [0.25, 0.3) is 0 Å². The second kappa shape index (κ2) is 7.48. The van der Waals surface area contributed by atoms with Gasteiger partial charge in [-0.1, -0.05) is 51.3 Å². The Morgan fingerprint density at radius 3 is 2.63 bits per heavy atom. The van der Waals surface area contributed by atoms with Crippen LogP contribution in [-0.2, 0) is 6.42 Å². The molecule has 0 radical (unpaired) electrons. The van der Waals surface area contributed by atoms with E-state index >= 15 is 0 Å². The number of benzene rings is 1. The van der Waals surface area contributed by atoms with Gasteiger partial charge < -0.3 is 10.6 Å². The number of amides is 2. The van der Waals surface area contributed by atoms with Gasteiger partial charge in [0.2, 0.25) is 0 Å². The molecular weight excluding hydrogens is 236 g/mol. The summed E-state index contributed by atoms with van der Waals surface area (Å²) < 4.78 is 0. The molecule has 0 heterocycles. The Morgan fingerprint density at radius 1 is 1.37 bits per heavy atom. The molecule has 0 aliphatic heterocycles. The predicted molar refractivity (Wildman–Crippen MR) is 80.1 cm³/mol. The molecule has 1 unspecified atom stereocenters. The third-order valence-corrected chi connectivity index (χ3v) is 2.92. The number of hydrogen-bond acceptors (Lipinski definition) is 1. The maximum absolute atomic E-state index is 11.9. The number of carbonyl (C=O) groups excluding carboxylic acids is 1. The van der Waals surface area contributed by atoms with Crippen LogP contribution < -0.4 is 10.6 Å². The maximum atomic E-state index is 11.9. The first kappa shape index (κ1) is 15.1. The van der Waals surface area contributed by atoms with E-state index in [-0.39, 0.29) is 18.0 Å². The molecule has 0 fully saturated rings. The van der Waals surface area contributed by atoms with Crippen LogP contribution in [0.2, 0.25) is 0 Å². The summed E-state index contributed by atoms with van der Waals surface area (Å²) in [5.41, 5.74) is 1.99. The summed E-state index contributed by atoms with van der Waals surface area (Å²) in [7, 11) is 0. The predicted octanol–water partition coefficient (Wildman–Crippen LogP) is 3.42. The molecule has 19 heavy (non-hydrogen) atoms. The standard InChI is InChI=1S/C16H22N2O/c1-5-9-13-10-7-8-11-15(13)18-16(19)17-14(6-2)12(3)4/h2,7-8,10-12,14H,5,9H2,1,3-4H3,(H2,17,18,19). The quantitative estimate of drug-likeness (QED) is 0.781. The van der Waals surface area contributed by atoms with Gasteiger partial charge in [-0.3, -0.25) is 0 Å². The summed E-state index contributed by atoms with van der Waals surface area (Å²) in [4.78, 5) is 11.9. The van der Waals surface area contributed by atoms with Crippen LogP contribution >= 0.6 is 0 Å². The number of para-hydroxylation sites is 1. The van der Waals surface area contributed by atoms with E-state index in [1.54, 1.807) is 0 Å². The number of rotatable bonds is 5. The van der Waals surface area contributed by atoms with Crippen molar-refractivity contribution in [3.05, 3.63) is 29.8 Å². The summed E-state index contributed by atoms with van der Waals surface area (Å²) in [5.74, 6) is 2.80. The van der Waals surface area contributed by atoms with Gasteiger partial charge >= 0.3 is 6.03 Å². The van der Waals surface area contributed by atoms with Crippen molar-refractivity contribution < 1.29 is 4.79 Å². The van der Waals surface area contributed by atoms with Crippen molar-refractivity contribution in [3.8, 4) is 12.3 Å². The van der Waals surface area contributed by atoms with Crippen molar-refractivity contribution in [2.75, 3.05) is 5.32 Å². The summed E-state index contributed by atoms with van der Waals surface area (Å²) in [6.07, 6.45) is 7.39. The average Bonchev–Trinajstić information content (AvgIpc) is 2.38. The molecule has 0 spiro atoms. The minimum absolute atomic E-state index is 0.210. The first-order valence-corrected chi connectivity index (χ1v) is 6.70. The van der Waals surface area contributed by atoms with Crippen molar-refractivity contribution in [1.82, 2.24) is 5.32 Å². The summed E-state index contributed by atoms with van der Waals surface area (Å²) in [5, 5.41) is 5.67. The van der Waals surface area contributed by atoms with Gasteiger partial charge in [-0.25, -0.2) is 4.79 Å². The zero-order valence-electron chi connectivity index (χ0n) is 11.9. The van der Waals surface area contributed by atoms with Gasteiger partial charge in [0.15, 0.2) is 0 Å². The van der Waals surface area contributed by atoms with E-state index in [1.165, 1.54) is 0 Å². The first-order chi connectivity index (χ1) is 9.08. The molecule has 102 valence electrons. The topological polar surface area (TPSA) is 41.1 Å². The Morgan fingerprint density at radius 2 is 2.05 bits per heavy atom. The fraction of sp³-hybridized carbons (Fsp3) is 0.438. The Hall–Kier alpha value is -1.95. The smallest absolute Gasteiger partial charge is 0.320 e. The van der Waals surface area contributed by atoms with Gasteiger partial charge in [-0.05, 0) is 24.0 Å². The van der Waals surface area contributed by atoms with E-state index in [9.17, 15) is 4.79 Å². The molecular formula is C16H22N2O. The molecule has 3 nitrogen and oxygen atoms in total. The van der Waals surface area contributed by atoms with E-state index in [4.69, 9.17) is 6.42 Å². The van der Waals surface area contributed by atoms with Crippen LogP contribution in [0.1, 0.15) is 32.8 Å². The minimum Gasteiger partial charge on any atom is -0.324 e. The van der Waals surface area contributed by atoms with Crippen LogP contribution in [-0.4, -0.2) is 12.1 Å². The fourth-order valence-corrected chi connectivity index (χ4v) is 1.83. The zero-order valence-corrected chi connectivity index (χ0v) is 11.9. The van der Waals surface area contributed by atoms with Gasteiger partial charge in [0, 0.05) is 5.69 Å². The number of aryl methyl sites for hydroxylation is 1. The second-order valence-corrected chi connectivity index (χ2v) is 4.89. The largest absolute Gasteiger partial charge is 0.324 e. The van der Waals surface area contributed by atoms with E-state index < -0.39 is 0 Å². The zero-order chi connectivity index (χ0) is 14.3. The summed E-state index contributed by atoms with van der Waals surface area (Å²) >= 11 is 0. The third-order valence-electron chi connectivity index (χ3n) is 2.92. The van der Waals surface area contributed by atoms with E-state index in [0.717, 1.165) is 24.1 Å². The Balaban J connectivity index is 2.69. The Bertz CT molecular complexity index is 460. The maximum Gasteiger partial charge on any atom is 0.320 e. The van der Waals surface area contributed by atoms with Crippen LogP contribution in [0.4, 0.5) is 10.5 Å². The van der Waals surface area contributed by atoms with Crippen LogP contribution in [0.3, 0.4) is 0 Å². The molecule has 1 atom stereocenters. The van der Waals surface area contributed by atoms with Crippen LogP contribution in [0.25, 0.3) is 0 Å². The SMILES string of the molecule is C#CC(NC(=O)Nc1ccccc1CCC)C(C)C. The van der Waals surface area contributed by atoms with E-state index in [0.29, 0.717) is 0 Å². The lowest BCUT2D eigenvalue weighted by Crippen LogP contribution is -2.40. The normalized spacial score (nSPS) is 11.7. The average molecular weight is 258 g/mol. The molecule has 0 bridgehead atoms. The van der Waals surface area contributed by atoms with Crippen LogP contribution in [0, 0.1) is 18.3 Å². The number of urea groups is 1. The highest BCUT2D eigenvalue weighted by atomic mass is 16.2. The molecule has 2 amide bonds. The molecule has 0 saturated carbocycles. The third kappa shape index (κ3) is 4.67. The highest BCUT2D eigenvalue weighted by Gasteiger charge is 2.13. The van der Waals surface area contributed by atoms with Gasteiger partial charge in [-0.15, -0.1) is 6.42 Å². The van der Waals surface area contributed by atoms with Crippen LogP contribution in [0.15, 0.2) is 24.3 Å². The van der Waals surface area contributed by atoms with Gasteiger partial charge in [0.05, 0.1) is 6.04 Å². The van der Waals surface area contributed by atoms with Gasteiger partial charge in [0.1, 0.15) is 0 Å². The first-order valence-electron chi connectivity index (χ1n) is 6.70. The lowest BCUT2D eigenvalue weighted by atomic mass is 10.1. The lowest BCUT2D eigenvalue weighted by molar-refractivity contribution is 0.248. The van der Waals surface area contributed by atoms with Crippen molar-refractivity contribution in [1.29, 1.82) is 0 Å². The fourth-order valence-electron chi connectivity index (χ4n) is 1.83. The highest BCUT2D eigenvalue weighted by Crippen LogP contribution is 2.16. The Kier molecular flexibility index (Phi) is 5.95. The number of carbonyl (C=O) groups is 1. The lowest BCUT2D eigenvalue weighted by Gasteiger charge is -2.18. The molecule has 3 heteroatoms. The minimum atomic E-state index is -0.252. The molecule has 0 aliphatic rings. The van der Waals surface area contributed by atoms with Crippen LogP contribution in [0.5, 0.6) is 0 Å². The highest BCUT2D eigenvalue weighted by molar-refractivity contribution is 5.90. The van der Waals surface area contributed by atoms with Crippen molar-refractivity contribution >= 4 is 11.7 Å². The molecule has 1 rings (SSSR count). The van der Waals surface area contributed by atoms with Crippen molar-refractivity contribution in [2.24, 2.45) is 5.92 Å². The van der Waals surface area contributed by atoms with E-state index in [1.807, 2.05) is 38.1 Å². The molecule has 2 N–H and O–H groups in total. The number of hydrogen-bond donors (Lipinski definition) is 2. The molecule has 0 aliphatic carbocycles. The Labute approximate surface area is 115 Å². The number of nitrogens with one attached hydrogen (secondary N) is 2. The summed E-state index contributed by atoms with van der Waals surface area (Å²) in [6, 6.07) is 7.33. The van der Waals surface area contributed by atoms with Crippen molar-refractivity contribution in [3.63, 3.8) is 0 Å². The molecule has 1 aromatic rings. The molecule has 1 aromatic carbocycles.